The number of halogens is 1. The van der Waals surface area contributed by atoms with Crippen LogP contribution in [0.25, 0.3) is 6.08 Å². The van der Waals surface area contributed by atoms with Gasteiger partial charge in [-0.25, -0.2) is 0 Å². The first-order valence-electron chi connectivity index (χ1n) is 7.79. The summed E-state index contributed by atoms with van der Waals surface area (Å²) >= 11 is -0.179. The van der Waals surface area contributed by atoms with Crippen LogP contribution < -0.4 is 21.2 Å². The van der Waals surface area contributed by atoms with E-state index in [1.165, 1.54) is 31.2 Å². The molecule has 6 heteroatoms. The second-order valence-corrected chi connectivity index (χ2v) is 9.57. The zero-order valence-corrected chi connectivity index (χ0v) is 15.5. The van der Waals surface area contributed by atoms with Gasteiger partial charge in [-0.2, -0.15) is 0 Å². The van der Waals surface area contributed by atoms with E-state index in [1.807, 2.05) is 24.7 Å². The first-order valence-corrected chi connectivity index (χ1v) is 9.95. The maximum atomic E-state index is 4.70. The van der Waals surface area contributed by atoms with Gasteiger partial charge in [-0.15, -0.1) is 0 Å². The Morgan fingerprint density at radius 2 is 2.26 bits per heavy atom. The van der Waals surface area contributed by atoms with Gasteiger partial charge in [-0.1, -0.05) is 0 Å². The molecule has 0 atom stereocenters. The van der Waals surface area contributed by atoms with Gasteiger partial charge in [-0.05, 0) is 0 Å². The molecule has 0 N–H and O–H groups in total. The summed E-state index contributed by atoms with van der Waals surface area (Å²) < 4.78 is 4.62. The Labute approximate surface area is 146 Å². The van der Waals surface area contributed by atoms with Crippen molar-refractivity contribution in [2.24, 2.45) is 4.99 Å². The molecule has 1 fully saturated rings. The molecule has 1 aliphatic heterocycles. The molecule has 0 radical (unpaired) electrons. The Kier molecular flexibility index (Phi) is 3.59. The second kappa shape index (κ2) is 5.51. The molecule has 3 heterocycles. The molecule has 0 unspecified atom stereocenters. The van der Waals surface area contributed by atoms with E-state index < -0.39 is 0 Å². The van der Waals surface area contributed by atoms with E-state index in [0.717, 1.165) is 18.2 Å². The Bertz CT molecular complexity index is 801. The Morgan fingerprint density at radius 1 is 1.43 bits per heavy atom. The number of hydrogen-bond donors (Lipinski definition) is 0. The third kappa shape index (κ3) is 2.96. The number of pyridine rings is 1. The number of allylic oxidation sites excluding steroid dienone is 1. The van der Waals surface area contributed by atoms with Crippen LogP contribution >= 0.6 is 0 Å². The molecule has 0 amide bonds. The summed E-state index contributed by atoms with van der Waals surface area (Å²) in [4.78, 5) is 8.82. The Hall–Kier alpha value is -1.57. The van der Waals surface area contributed by atoms with Crippen molar-refractivity contribution in [2.75, 3.05) is 0 Å². The van der Waals surface area contributed by atoms with E-state index in [1.54, 1.807) is 0 Å². The van der Waals surface area contributed by atoms with Gasteiger partial charge in [0.05, 0.1) is 0 Å². The van der Waals surface area contributed by atoms with Crippen LogP contribution in [0.3, 0.4) is 0 Å². The summed E-state index contributed by atoms with van der Waals surface area (Å²) in [7, 11) is 0. The fraction of sp³-hybridized carbons (Fsp3) is 0.412. The number of aromatic nitrogens is 4. The summed E-state index contributed by atoms with van der Waals surface area (Å²) in [5, 5.41) is 8.49. The van der Waals surface area contributed by atoms with E-state index >= 15 is 0 Å². The summed E-state index contributed by atoms with van der Waals surface area (Å²) in [5.74, 6) is 0.759. The average molecular weight is 420 g/mol. The van der Waals surface area contributed by atoms with Gasteiger partial charge in [0.15, 0.2) is 0 Å². The SMILES string of the molecule is C=NC(C)(C)c1cn(CC2=Cc3cc(C4CC4)cnc3[I-]2)nn1. The Balaban J connectivity index is 1.51. The predicted octanol–water partition coefficient (Wildman–Crippen LogP) is -0.200. The van der Waals surface area contributed by atoms with E-state index in [2.05, 4.69) is 40.4 Å². The molecule has 1 saturated carbocycles. The van der Waals surface area contributed by atoms with Crippen LogP contribution in [0.2, 0.25) is 0 Å². The van der Waals surface area contributed by atoms with Gasteiger partial charge in [0.25, 0.3) is 0 Å². The summed E-state index contributed by atoms with van der Waals surface area (Å²) in [6, 6.07) is 2.34. The van der Waals surface area contributed by atoms with E-state index in [9.17, 15) is 0 Å². The Morgan fingerprint density at radius 3 is 3.00 bits per heavy atom. The van der Waals surface area contributed by atoms with Crippen molar-refractivity contribution in [3.05, 3.63) is 42.6 Å². The second-order valence-electron chi connectivity index (χ2n) is 6.63. The quantitative estimate of drug-likeness (QED) is 0.383. The number of hydrogen-bond acceptors (Lipinski definition) is 4. The monoisotopic (exact) mass is 420 g/mol. The third-order valence-corrected chi connectivity index (χ3v) is 7.09. The number of aliphatic imine (C=N–C) groups is 1. The van der Waals surface area contributed by atoms with Gasteiger partial charge in [0, 0.05) is 0 Å². The van der Waals surface area contributed by atoms with Gasteiger partial charge >= 0.3 is 146 Å². The predicted molar refractivity (Wildman–Crippen MR) is 85.5 cm³/mol. The van der Waals surface area contributed by atoms with Gasteiger partial charge < -0.3 is 0 Å². The first-order chi connectivity index (χ1) is 11.0. The molecule has 0 spiro atoms. The number of rotatable bonds is 5. The summed E-state index contributed by atoms with van der Waals surface area (Å²) in [6.45, 7) is 8.42. The molecule has 0 saturated heterocycles. The number of nitrogens with zero attached hydrogens (tertiary/aromatic N) is 5. The van der Waals surface area contributed by atoms with Crippen molar-refractivity contribution < 1.29 is 21.2 Å². The molecule has 2 aromatic heterocycles. The van der Waals surface area contributed by atoms with Gasteiger partial charge in [0.1, 0.15) is 0 Å². The molecule has 5 nitrogen and oxygen atoms in total. The topological polar surface area (TPSA) is 56.0 Å². The standard InChI is InChI=1S/C17H19IN5/c1-17(2,19-3)15-10-23(22-21-15)9-14-7-12-6-13(11-4-5-11)8-20-16(12)18-14/h6-8,10-11H,3-5,9H2,1-2H3/q-1. The summed E-state index contributed by atoms with van der Waals surface area (Å²) in [5.41, 5.74) is 3.20. The normalized spacial score (nSPS) is 17.4. The van der Waals surface area contributed by atoms with E-state index in [-0.39, 0.29) is 26.7 Å². The average Bonchev–Trinajstić information content (AvgIpc) is 3.14. The molecular weight excluding hydrogens is 401 g/mol. The zero-order valence-electron chi connectivity index (χ0n) is 13.3. The van der Waals surface area contributed by atoms with Crippen LogP contribution in [0.15, 0.2) is 27.0 Å². The van der Waals surface area contributed by atoms with Gasteiger partial charge in [0.2, 0.25) is 0 Å². The van der Waals surface area contributed by atoms with Crippen molar-refractivity contribution in [2.45, 2.75) is 44.7 Å². The van der Waals surface area contributed by atoms with Crippen molar-refractivity contribution in [3.8, 4) is 0 Å². The van der Waals surface area contributed by atoms with E-state index in [4.69, 9.17) is 4.98 Å². The molecular formula is C17H19IN5-. The molecule has 4 rings (SSSR count). The fourth-order valence-electron chi connectivity index (χ4n) is 2.58. The van der Waals surface area contributed by atoms with Crippen LogP contribution in [0.5, 0.6) is 0 Å². The van der Waals surface area contributed by atoms with Crippen LogP contribution in [0.1, 0.15) is 49.4 Å². The van der Waals surface area contributed by atoms with Crippen LogP contribution in [-0.2, 0) is 12.1 Å². The molecule has 2 aromatic rings. The molecule has 0 aromatic carbocycles. The van der Waals surface area contributed by atoms with Crippen LogP contribution in [-0.4, -0.2) is 26.7 Å². The van der Waals surface area contributed by atoms with Crippen molar-refractivity contribution in [1.82, 2.24) is 20.0 Å². The van der Waals surface area contributed by atoms with Crippen molar-refractivity contribution in [1.29, 1.82) is 0 Å². The molecule has 120 valence electrons. The van der Waals surface area contributed by atoms with E-state index in [0.29, 0.717) is 0 Å². The third-order valence-electron chi connectivity index (χ3n) is 4.33. The number of fused-ring (bicyclic) bond motifs is 1. The maximum absolute atomic E-state index is 4.70. The molecule has 2 aliphatic rings. The minimum absolute atomic E-state index is 0.179. The molecule has 23 heavy (non-hydrogen) atoms. The van der Waals surface area contributed by atoms with Gasteiger partial charge in [-0.3, -0.25) is 0 Å². The van der Waals surface area contributed by atoms with Crippen LogP contribution in [0, 0.1) is 3.70 Å². The van der Waals surface area contributed by atoms with Crippen LogP contribution in [0.4, 0.5) is 0 Å². The molecule has 0 bridgehead atoms. The summed E-state index contributed by atoms with van der Waals surface area (Å²) in [6.07, 6.45) is 9.01. The molecule has 1 aliphatic carbocycles. The fourth-order valence-corrected chi connectivity index (χ4v) is 5.15. The zero-order chi connectivity index (χ0) is 16.0. The van der Waals surface area contributed by atoms with Crippen molar-refractivity contribution >= 4 is 12.8 Å². The minimum atomic E-state index is -0.388. The van der Waals surface area contributed by atoms with Crippen molar-refractivity contribution in [3.63, 3.8) is 0 Å². The first kappa shape index (κ1) is 15.0.